The van der Waals surface area contributed by atoms with E-state index >= 15 is 0 Å². The summed E-state index contributed by atoms with van der Waals surface area (Å²) in [5, 5.41) is 0. The second kappa shape index (κ2) is 6.32. The number of terminal acetylenes is 1. The molecular formula is C20H15FO. The lowest BCUT2D eigenvalue weighted by molar-refractivity contribution is 0.441. The molecule has 0 saturated heterocycles. The number of rotatable bonds is 3. The van der Waals surface area contributed by atoms with E-state index in [1.54, 1.807) is 18.2 Å². The topological polar surface area (TPSA) is 9.23 Å². The number of allylic oxidation sites excluding steroid dienone is 2. The van der Waals surface area contributed by atoms with Gasteiger partial charge >= 0.3 is 0 Å². The molecule has 2 aromatic rings. The zero-order valence-electron chi connectivity index (χ0n) is 12.1. The SMILES string of the molecule is C#CCC1=Cc2c(cccc2Oc2ccccc2F)C=CC1. The average Bonchev–Trinajstić information content (AvgIpc) is 2.73. The average molecular weight is 290 g/mol. The van der Waals surface area contributed by atoms with Gasteiger partial charge in [-0.15, -0.1) is 12.3 Å². The molecule has 0 aliphatic heterocycles. The van der Waals surface area contributed by atoms with E-state index in [0.29, 0.717) is 12.2 Å². The van der Waals surface area contributed by atoms with Crippen LogP contribution in [0, 0.1) is 18.2 Å². The van der Waals surface area contributed by atoms with Crippen molar-refractivity contribution >= 4 is 12.2 Å². The molecule has 0 atom stereocenters. The van der Waals surface area contributed by atoms with Gasteiger partial charge in [0.05, 0.1) is 0 Å². The molecular weight excluding hydrogens is 275 g/mol. The number of para-hydroxylation sites is 1. The van der Waals surface area contributed by atoms with E-state index in [2.05, 4.69) is 12.0 Å². The Labute approximate surface area is 129 Å². The van der Waals surface area contributed by atoms with Crippen LogP contribution in [0.2, 0.25) is 0 Å². The third-order valence-electron chi connectivity index (χ3n) is 3.51. The first-order valence-electron chi connectivity index (χ1n) is 7.13. The molecule has 1 aliphatic carbocycles. The molecule has 0 amide bonds. The van der Waals surface area contributed by atoms with Crippen LogP contribution < -0.4 is 4.74 Å². The van der Waals surface area contributed by atoms with E-state index in [1.165, 1.54) is 6.07 Å². The second-order valence-corrected chi connectivity index (χ2v) is 5.08. The molecule has 0 saturated carbocycles. The zero-order chi connectivity index (χ0) is 15.4. The number of benzene rings is 2. The summed E-state index contributed by atoms with van der Waals surface area (Å²) in [5.74, 6) is 3.14. The molecule has 0 fully saturated rings. The van der Waals surface area contributed by atoms with Gasteiger partial charge < -0.3 is 4.74 Å². The first-order valence-corrected chi connectivity index (χ1v) is 7.13. The molecule has 0 unspecified atom stereocenters. The summed E-state index contributed by atoms with van der Waals surface area (Å²) in [7, 11) is 0. The predicted octanol–water partition coefficient (Wildman–Crippen LogP) is 5.44. The van der Waals surface area contributed by atoms with E-state index in [1.807, 2.05) is 30.4 Å². The van der Waals surface area contributed by atoms with Crippen molar-refractivity contribution in [3.8, 4) is 23.8 Å². The molecule has 0 heterocycles. The van der Waals surface area contributed by atoms with Crippen molar-refractivity contribution in [2.75, 3.05) is 0 Å². The predicted molar refractivity (Wildman–Crippen MR) is 88.0 cm³/mol. The number of halogens is 1. The summed E-state index contributed by atoms with van der Waals surface area (Å²) in [4.78, 5) is 0. The van der Waals surface area contributed by atoms with Gasteiger partial charge in [0.1, 0.15) is 5.75 Å². The summed E-state index contributed by atoms with van der Waals surface area (Å²) < 4.78 is 19.6. The van der Waals surface area contributed by atoms with Crippen molar-refractivity contribution in [1.29, 1.82) is 0 Å². The summed E-state index contributed by atoms with van der Waals surface area (Å²) in [6, 6.07) is 12.1. The quantitative estimate of drug-likeness (QED) is 0.684. The first kappa shape index (κ1) is 14.2. The minimum atomic E-state index is -0.378. The highest BCUT2D eigenvalue weighted by Crippen LogP contribution is 2.33. The Morgan fingerprint density at radius 3 is 2.73 bits per heavy atom. The number of hydrogen-bond donors (Lipinski definition) is 0. The molecule has 2 heteroatoms. The first-order chi connectivity index (χ1) is 10.8. The third kappa shape index (κ3) is 2.94. The van der Waals surface area contributed by atoms with E-state index in [-0.39, 0.29) is 11.6 Å². The van der Waals surface area contributed by atoms with Crippen LogP contribution in [0.1, 0.15) is 24.0 Å². The molecule has 3 rings (SSSR count). The van der Waals surface area contributed by atoms with Crippen LogP contribution in [0.15, 0.2) is 54.1 Å². The van der Waals surface area contributed by atoms with Crippen LogP contribution in [-0.4, -0.2) is 0 Å². The van der Waals surface area contributed by atoms with Crippen LogP contribution in [-0.2, 0) is 0 Å². The Bertz CT molecular complexity index is 794. The number of fused-ring (bicyclic) bond motifs is 1. The standard InChI is InChI=1S/C20H15FO/c1-2-7-15-8-5-9-16-10-6-13-19(17(16)14-15)22-20-12-4-3-11-18(20)21/h1,3-6,9-14H,7-8H2. The minimum absolute atomic E-state index is 0.219. The van der Waals surface area contributed by atoms with E-state index in [4.69, 9.17) is 11.2 Å². The van der Waals surface area contributed by atoms with Gasteiger partial charge in [-0.1, -0.05) is 48.1 Å². The van der Waals surface area contributed by atoms with Gasteiger partial charge in [-0.2, -0.15) is 0 Å². The lowest BCUT2D eigenvalue weighted by atomic mass is 10.0. The van der Waals surface area contributed by atoms with Crippen molar-refractivity contribution in [1.82, 2.24) is 0 Å². The van der Waals surface area contributed by atoms with Crippen LogP contribution in [0.25, 0.3) is 12.2 Å². The van der Waals surface area contributed by atoms with Crippen molar-refractivity contribution in [2.45, 2.75) is 12.8 Å². The molecule has 1 nitrogen and oxygen atoms in total. The van der Waals surface area contributed by atoms with E-state index in [9.17, 15) is 4.39 Å². The van der Waals surface area contributed by atoms with Gasteiger partial charge in [0.25, 0.3) is 0 Å². The zero-order valence-corrected chi connectivity index (χ0v) is 12.1. The van der Waals surface area contributed by atoms with Crippen molar-refractivity contribution in [3.05, 3.63) is 71.1 Å². The van der Waals surface area contributed by atoms with Gasteiger partial charge in [0.15, 0.2) is 11.6 Å². The maximum absolute atomic E-state index is 13.8. The molecule has 0 N–H and O–H groups in total. The Morgan fingerprint density at radius 2 is 1.91 bits per heavy atom. The van der Waals surface area contributed by atoms with Gasteiger partial charge in [-0.05, 0) is 30.2 Å². The molecule has 0 radical (unpaired) electrons. The van der Waals surface area contributed by atoms with Crippen LogP contribution in [0.4, 0.5) is 4.39 Å². The summed E-state index contributed by atoms with van der Waals surface area (Å²) in [6.07, 6.45) is 13.0. The normalized spacial score (nSPS) is 12.8. The van der Waals surface area contributed by atoms with Gasteiger partial charge in [0, 0.05) is 12.0 Å². The number of hydrogen-bond acceptors (Lipinski definition) is 1. The third-order valence-corrected chi connectivity index (χ3v) is 3.51. The Kier molecular flexibility index (Phi) is 4.07. The molecule has 1 aliphatic rings. The van der Waals surface area contributed by atoms with Crippen molar-refractivity contribution < 1.29 is 9.13 Å². The second-order valence-electron chi connectivity index (χ2n) is 5.08. The fraction of sp³-hybridized carbons (Fsp3) is 0.100. The number of ether oxygens (including phenoxy) is 1. The molecule has 0 bridgehead atoms. The highest BCUT2D eigenvalue weighted by Gasteiger charge is 2.12. The maximum Gasteiger partial charge on any atom is 0.165 e. The van der Waals surface area contributed by atoms with Crippen LogP contribution in [0.5, 0.6) is 11.5 Å². The van der Waals surface area contributed by atoms with Gasteiger partial charge in [-0.3, -0.25) is 0 Å². The molecule has 2 aromatic carbocycles. The van der Waals surface area contributed by atoms with Crippen molar-refractivity contribution in [2.24, 2.45) is 0 Å². The van der Waals surface area contributed by atoms with Crippen LogP contribution in [0.3, 0.4) is 0 Å². The smallest absolute Gasteiger partial charge is 0.165 e. The maximum atomic E-state index is 13.8. The van der Waals surface area contributed by atoms with Gasteiger partial charge in [-0.25, -0.2) is 4.39 Å². The fourth-order valence-electron chi connectivity index (χ4n) is 2.45. The van der Waals surface area contributed by atoms with Gasteiger partial charge in [0.2, 0.25) is 0 Å². The summed E-state index contributed by atoms with van der Waals surface area (Å²) in [6.45, 7) is 0. The van der Waals surface area contributed by atoms with E-state index < -0.39 is 0 Å². The fourth-order valence-corrected chi connectivity index (χ4v) is 2.45. The molecule has 108 valence electrons. The highest BCUT2D eigenvalue weighted by molar-refractivity contribution is 5.74. The Morgan fingerprint density at radius 1 is 1.09 bits per heavy atom. The Balaban J connectivity index is 2.04. The molecule has 0 aromatic heterocycles. The Hall–Kier alpha value is -2.79. The van der Waals surface area contributed by atoms with Crippen LogP contribution >= 0.6 is 0 Å². The lowest BCUT2D eigenvalue weighted by Crippen LogP contribution is -1.92. The molecule has 0 spiro atoms. The van der Waals surface area contributed by atoms with E-state index in [0.717, 1.165) is 23.1 Å². The largest absolute Gasteiger partial charge is 0.454 e. The monoisotopic (exact) mass is 290 g/mol. The summed E-state index contributed by atoms with van der Waals surface area (Å²) >= 11 is 0. The molecule has 22 heavy (non-hydrogen) atoms. The summed E-state index contributed by atoms with van der Waals surface area (Å²) in [5.41, 5.74) is 3.12. The minimum Gasteiger partial charge on any atom is -0.454 e. The lowest BCUT2D eigenvalue weighted by Gasteiger charge is -2.12. The van der Waals surface area contributed by atoms with Crippen molar-refractivity contribution in [3.63, 3.8) is 0 Å². The highest BCUT2D eigenvalue weighted by atomic mass is 19.1.